The third kappa shape index (κ3) is 2.33. The van der Waals surface area contributed by atoms with Crippen molar-refractivity contribution in [2.24, 2.45) is 23.2 Å². The lowest BCUT2D eigenvalue weighted by atomic mass is 9.74. The molecule has 0 N–H and O–H groups in total. The quantitative estimate of drug-likeness (QED) is 0.542. The van der Waals surface area contributed by atoms with E-state index in [4.69, 9.17) is 18.9 Å². The van der Waals surface area contributed by atoms with E-state index in [-0.39, 0.29) is 18.5 Å². The first kappa shape index (κ1) is 16.2. The Kier molecular flexibility index (Phi) is 3.86. The Morgan fingerprint density at radius 3 is 2.52 bits per heavy atom. The van der Waals surface area contributed by atoms with Crippen LogP contribution in [0.4, 0.5) is 0 Å². The average molecular weight is 326 g/mol. The monoisotopic (exact) mass is 326 g/mol. The number of rotatable bonds is 5. The van der Waals surface area contributed by atoms with Gasteiger partial charge in [-0.25, -0.2) is 0 Å². The highest BCUT2D eigenvalue weighted by Gasteiger charge is 2.70. The Bertz CT molecular complexity index is 541. The predicted molar refractivity (Wildman–Crippen MR) is 76.1 cm³/mol. The second-order valence-corrected chi connectivity index (χ2v) is 7.04. The van der Waals surface area contributed by atoms with Gasteiger partial charge >= 0.3 is 17.9 Å². The molecule has 0 saturated carbocycles. The average Bonchev–Trinajstić information content (AvgIpc) is 3.13. The molecule has 6 atom stereocenters. The van der Waals surface area contributed by atoms with E-state index in [1.165, 1.54) is 7.11 Å². The minimum atomic E-state index is -0.681. The van der Waals surface area contributed by atoms with E-state index in [1.54, 1.807) is 0 Å². The number of carbonyl (C=O) groups excluding carboxylic acids is 3. The Morgan fingerprint density at radius 2 is 1.91 bits per heavy atom. The van der Waals surface area contributed by atoms with Gasteiger partial charge in [-0.05, 0) is 20.3 Å². The maximum Gasteiger partial charge on any atom is 0.313 e. The normalized spacial score (nSPS) is 37.7. The van der Waals surface area contributed by atoms with Gasteiger partial charge in [0.05, 0.1) is 30.5 Å². The molecule has 3 heterocycles. The van der Waals surface area contributed by atoms with Crippen molar-refractivity contribution in [1.82, 2.24) is 0 Å². The molecule has 0 aromatic carbocycles. The molecule has 2 bridgehead atoms. The molecular weight excluding hydrogens is 304 g/mol. The van der Waals surface area contributed by atoms with Gasteiger partial charge in [-0.2, -0.15) is 0 Å². The van der Waals surface area contributed by atoms with E-state index in [0.29, 0.717) is 6.42 Å². The van der Waals surface area contributed by atoms with Crippen molar-refractivity contribution in [2.45, 2.75) is 45.5 Å². The van der Waals surface area contributed by atoms with Gasteiger partial charge in [0.25, 0.3) is 0 Å². The topological polar surface area (TPSA) is 88.1 Å². The van der Waals surface area contributed by atoms with Crippen LogP contribution in [0.25, 0.3) is 0 Å². The first-order valence-corrected chi connectivity index (χ1v) is 7.93. The van der Waals surface area contributed by atoms with E-state index in [1.807, 2.05) is 20.8 Å². The molecule has 0 aromatic heterocycles. The molecule has 7 heteroatoms. The number of esters is 3. The predicted octanol–water partition coefficient (Wildman–Crippen LogP) is 0.694. The second kappa shape index (κ2) is 5.47. The van der Waals surface area contributed by atoms with Crippen molar-refractivity contribution in [3.05, 3.63) is 0 Å². The molecule has 0 amide bonds. The summed E-state index contributed by atoms with van der Waals surface area (Å²) in [5.41, 5.74) is -0.574. The van der Waals surface area contributed by atoms with Gasteiger partial charge in [0.1, 0.15) is 24.7 Å². The molecule has 3 rings (SSSR count). The number of carbonyl (C=O) groups is 3. The van der Waals surface area contributed by atoms with Gasteiger partial charge < -0.3 is 18.9 Å². The number of hydrogen-bond acceptors (Lipinski definition) is 7. The summed E-state index contributed by atoms with van der Waals surface area (Å²) in [5, 5.41) is 0. The summed E-state index contributed by atoms with van der Waals surface area (Å²) in [4.78, 5) is 36.1. The van der Waals surface area contributed by atoms with E-state index in [0.717, 1.165) is 0 Å². The van der Waals surface area contributed by atoms with Crippen molar-refractivity contribution in [3.63, 3.8) is 0 Å². The molecule has 0 aromatic rings. The first-order chi connectivity index (χ1) is 10.8. The fraction of sp³-hybridized carbons (Fsp3) is 0.812. The highest BCUT2D eigenvalue weighted by Crippen LogP contribution is 2.53. The standard InChI is InChI=1S/C16H22O7/c1-5-16(2,3)15(19)21-6-7-10-8(13(17)20-4)9-12(22-10)11(7)23-14(9)18/h7-12H,5-6H2,1-4H3. The van der Waals surface area contributed by atoms with Gasteiger partial charge in [0, 0.05) is 0 Å². The van der Waals surface area contributed by atoms with Gasteiger partial charge in [0.15, 0.2) is 0 Å². The molecular formula is C16H22O7. The van der Waals surface area contributed by atoms with Crippen LogP contribution in [-0.4, -0.2) is 49.9 Å². The minimum absolute atomic E-state index is 0.0710. The molecule has 128 valence electrons. The Balaban J connectivity index is 1.73. The van der Waals surface area contributed by atoms with Crippen LogP contribution in [0.3, 0.4) is 0 Å². The van der Waals surface area contributed by atoms with Gasteiger partial charge in [-0.1, -0.05) is 6.92 Å². The zero-order valence-electron chi connectivity index (χ0n) is 13.7. The maximum atomic E-state index is 12.1. The molecule has 3 fully saturated rings. The van der Waals surface area contributed by atoms with Crippen LogP contribution in [0.5, 0.6) is 0 Å². The fourth-order valence-electron chi connectivity index (χ4n) is 3.61. The minimum Gasteiger partial charge on any atom is -0.469 e. The van der Waals surface area contributed by atoms with Crippen LogP contribution >= 0.6 is 0 Å². The van der Waals surface area contributed by atoms with Gasteiger partial charge in [0.2, 0.25) is 0 Å². The van der Waals surface area contributed by atoms with E-state index >= 15 is 0 Å². The lowest BCUT2D eigenvalue weighted by molar-refractivity contribution is -0.158. The summed E-state index contributed by atoms with van der Waals surface area (Å²) in [6.07, 6.45) is -0.744. The lowest BCUT2D eigenvalue weighted by Crippen LogP contribution is -2.45. The largest absolute Gasteiger partial charge is 0.469 e. The third-order valence-corrected chi connectivity index (χ3v) is 5.42. The van der Waals surface area contributed by atoms with Crippen molar-refractivity contribution < 1.29 is 33.3 Å². The summed E-state index contributed by atoms with van der Waals surface area (Å²) in [6, 6.07) is 0. The number of hydrogen-bond donors (Lipinski definition) is 0. The van der Waals surface area contributed by atoms with Crippen molar-refractivity contribution in [1.29, 1.82) is 0 Å². The summed E-state index contributed by atoms with van der Waals surface area (Å²) >= 11 is 0. The SMILES string of the molecule is CCC(C)(C)C(=O)OCC1C2OC(=O)C3C2OC1C3C(=O)OC. The highest BCUT2D eigenvalue weighted by molar-refractivity contribution is 5.86. The van der Waals surface area contributed by atoms with Crippen molar-refractivity contribution in [3.8, 4) is 0 Å². The van der Waals surface area contributed by atoms with E-state index in [2.05, 4.69) is 0 Å². The van der Waals surface area contributed by atoms with E-state index < -0.39 is 47.5 Å². The van der Waals surface area contributed by atoms with Gasteiger partial charge in [-0.3, -0.25) is 14.4 Å². The summed E-state index contributed by atoms with van der Waals surface area (Å²) in [5.74, 6) is -2.83. The molecule has 7 nitrogen and oxygen atoms in total. The highest BCUT2D eigenvalue weighted by atomic mass is 16.6. The zero-order valence-corrected chi connectivity index (χ0v) is 13.7. The molecule has 23 heavy (non-hydrogen) atoms. The number of methoxy groups -OCH3 is 1. The first-order valence-electron chi connectivity index (χ1n) is 7.93. The molecule has 3 saturated heterocycles. The zero-order chi connectivity index (χ0) is 16.9. The fourth-order valence-corrected chi connectivity index (χ4v) is 3.61. The summed E-state index contributed by atoms with van der Waals surface area (Å²) in [6.45, 7) is 5.62. The van der Waals surface area contributed by atoms with Crippen LogP contribution in [0, 0.1) is 23.2 Å². The Morgan fingerprint density at radius 1 is 1.22 bits per heavy atom. The molecule has 0 spiro atoms. The lowest BCUT2D eigenvalue weighted by Gasteiger charge is -2.28. The number of fused-ring (bicyclic) bond motifs is 1. The third-order valence-electron chi connectivity index (χ3n) is 5.42. The Hall–Kier alpha value is -1.63. The molecule has 0 aliphatic carbocycles. The van der Waals surface area contributed by atoms with Gasteiger partial charge in [-0.15, -0.1) is 0 Å². The Labute approximate surface area is 134 Å². The van der Waals surface area contributed by atoms with Crippen LogP contribution in [0.2, 0.25) is 0 Å². The second-order valence-electron chi connectivity index (χ2n) is 7.04. The van der Waals surface area contributed by atoms with Crippen LogP contribution in [0.1, 0.15) is 27.2 Å². The van der Waals surface area contributed by atoms with Crippen molar-refractivity contribution in [2.75, 3.05) is 13.7 Å². The molecule has 3 aliphatic heterocycles. The van der Waals surface area contributed by atoms with E-state index in [9.17, 15) is 14.4 Å². The molecule has 0 radical (unpaired) electrons. The number of ether oxygens (including phenoxy) is 4. The van der Waals surface area contributed by atoms with Crippen molar-refractivity contribution >= 4 is 17.9 Å². The van der Waals surface area contributed by atoms with Crippen LogP contribution in [0.15, 0.2) is 0 Å². The smallest absolute Gasteiger partial charge is 0.313 e. The van der Waals surface area contributed by atoms with Crippen LogP contribution in [-0.2, 0) is 33.3 Å². The summed E-state index contributed by atoms with van der Waals surface area (Å²) < 4.78 is 21.4. The maximum absolute atomic E-state index is 12.1. The summed E-state index contributed by atoms with van der Waals surface area (Å²) in [7, 11) is 1.28. The molecule has 6 unspecified atom stereocenters. The van der Waals surface area contributed by atoms with Crippen LogP contribution < -0.4 is 0 Å². The molecule has 3 aliphatic rings.